The van der Waals surface area contributed by atoms with Crippen LogP contribution in [0.3, 0.4) is 0 Å². The summed E-state index contributed by atoms with van der Waals surface area (Å²) in [5.41, 5.74) is 6.28. The molecule has 11 nitrogen and oxygen atoms in total. The molecular formula is C40H49N9O2. The lowest BCUT2D eigenvalue weighted by atomic mass is 10.0. The van der Waals surface area contributed by atoms with E-state index in [-0.39, 0.29) is 41.8 Å². The van der Waals surface area contributed by atoms with Gasteiger partial charge in [-0.3, -0.25) is 14.6 Å². The summed E-state index contributed by atoms with van der Waals surface area (Å²) in [5, 5.41) is 6.58. The van der Waals surface area contributed by atoms with Crippen LogP contribution < -0.4 is 10.6 Å². The normalized spacial score (nSPS) is 21.5. The molecule has 0 spiro atoms. The summed E-state index contributed by atoms with van der Waals surface area (Å²) in [4.78, 5) is 52.0. The standard InChI is InChI=1S/C40H49N9O2/c1-24(2)35(47-40-41-18-19-42-40)39(51)49-21-5-7-34(49)37-44-23-32(46-37)30-16-12-28(13-17-30)27-10-14-29(15-11-27)31-22-43-36(45-31)33-6-4-20-48(33)38(50)25(3)26-8-9-26/h10-17,22-26,33-35H,4-9,18-21H2,1-3H3,(H,43,45)(H,44,46)(H2,41,42,47)/t25-,33-,34-,35+/m0/s1. The number of H-pyrrole nitrogens is 2. The Balaban J connectivity index is 0.916. The largest absolute Gasteiger partial charge is 0.355 e. The second kappa shape index (κ2) is 14.0. The zero-order valence-electron chi connectivity index (χ0n) is 29.9. The van der Waals surface area contributed by atoms with Crippen molar-refractivity contribution < 1.29 is 9.59 Å². The summed E-state index contributed by atoms with van der Waals surface area (Å²) in [5.74, 6) is 3.60. The van der Waals surface area contributed by atoms with Crippen molar-refractivity contribution in [1.29, 1.82) is 0 Å². The summed E-state index contributed by atoms with van der Waals surface area (Å²) < 4.78 is 0. The van der Waals surface area contributed by atoms with Gasteiger partial charge in [0, 0.05) is 25.6 Å². The van der Waals surface area contributed by atoms with Crippen LogP contribution in [-0.4, -0.2) is 79.7 Å². The molecule has 4 atom stereocenters. The zero-order chi connectivity index (χ0) is 35.1. The molecule has 0 bridgehead atoms. The van der Waals surface area contributed by atoms with E-state index in [1.54, 1.807) is 0 Å². The smallest absolute Gasteiger partial charge is 0.246 e. The fourth-order valence-electron chi connectivity index (χ4n) is 8.01. The molecule has 0 unspecified atom stereocenters. The van der Waals surface area contributed by atoms with E-state index in [0.29, 0.717) is 11.9 Å². The number of aliphatic imine (C=N–C) groups is 1. The average molecular weight is 688 g/mol. The van der Waals surface area contributed by atoms with E-state index in [1.165, 1.54) is 12.8 Å². The van der Waals surface area contributed by atoms with Crippen LogP contribution in [0.2, 0.25) is 0 Å². The van der Waals surface area contributed by atoms with E-state index in [4.69, 9.17) is 9.97 Å². The van der Waals surface area contributed by atoms with Gasteiger partial charge in [0.1, 0.15) is 17.7 Å². The highest BCUT2D eigenvalue weighted by molar-refractivity contribution is 5.90. The molecule has 1 aliphatic carbocycles. The molecule has 4 aromatic rings. The minimum Gasteiger partial charge on any atom is -0.355 e. The van der Waals surface area contributed by atoms with Gasteiger partial charge in [0.2, 0.25) is 11.8 Å². The average Bonchev–Trinajstić information content (AvgIpc) is 3.79. The minimum atomic E-state index is -0.344. The number of carbonyl (C=O) groups is 2. The van der Waals surface area contributed by atoms with Crippen molar-refractivity contribution in [3.63, 3.8) is 0 Å². The lowest BCUT2D eigenvalue weighted by molar-refractivity contribution is -0.137. The van der Waals surface area contributed by atoms with Crippen LogP contribution in [-0.2, 0) is 9.59 Å². The summed E-state index contributed by atoms with van der Waals surface area (Å²) >= 11 is 0. The first-order chi connectivity index (χ1) is 24.8. The fourth-order valence-corrected chi connectivity index (χ4v) is 8.01. The van der Waals surface area contributed by atoms with Crippen molar-refractivity contribution in [1.82, 2.24) is 40.4 Å². The quantitative estimate of drug-likeness (QED) is 0.160. The van der Waals surface area contributed by atoms with Crippen LogP contribution in [0.1, 0.15) is 83.0 Å². The van der Waals surface area contributed by atoms with Crippen molar-refractivity contribution in [3.8, 4) is 33.6 Å². The van der Waals surface area contributed by atoms with Crippen LogP contribution in [0.25, 0.3) is 33.6 Å². The number of aromatic amines is 2. The molecule has 2 amide bonds. The van der Waals surface area contributed by atoms with Gasteiger partial charge >= 0.3 is 0 Å². The number of imidazole rings is 2. The lowest BCUT2D eigenvalue weighted by Crippen LogP contribution is -2.53. The molecule has 2 aromatic heterocycles. The summed E-state index contributed by atoms with van der Waals surface area (Å²) in [6.07, 6.45) is 9.94. The zero-order valence-corrected chi connectivity index (χ0v) is 29.9. The molecule has 3 fully saturated rings. The van der Waals surface area contributed by atoms with Gasteiger partial charge in [-0.15, -0.1) is 0 Å². The van der Waals surface area contributed by atoms with E-state index < -0.39 is 0 Å². The SMILES string of the molecule is CC(C)[C@@H](NC1=NCCN1)C(=O)N1CCC[C@H]1c1ncc(-c2ccc(-c3ccc(-c4cnc([C@@H]5CCCN5C(=O)[C@@H](C)C5CC5)[nH]4)cc3)cc2)[nH]1. The number of benzene rings is 2. The molecule has 2 aromatic carbocycles. The Hall–Kier alpha value is -4.93. The van der Waals surface area contributed by atoms with Gasteiger partial charge in [-0.05, 0) is 72.6 Å². The van der Waals surface area contributed by atoms with E-state index in [2.05, 4.69) is 99.8 Å². The summed E-state index contributed by atoms with van der Waals surface area (Å²) in [6, 6.07) is 16.7. The molecule has 2 saturated heterocycles. The second-order valence-corrected chi connectivity index (χ2v) is 15.0. The molecule has 4 aliphatic rings. The number of likely N-dealkylation sites (tertiary alicyclic amines) is 2. The monoisotopic (exact) mass is 687 g/mol. The highest BCUT2D eigenvalue weighted by Gasteiger charge is 2.40. The minimum absolute atomic E-state index is 0.0326. The third-order valence-corrected chi connectivity index (χ3v) is 11.2. The Morgan fingerprint density at radius 3 is 1.71 bits per heavy atom. The van der Waals surface area contributed by atoms with Gasteiger partial charge in [0.05, 0.1) is 42.4 Å². The van der Waals surface area contributed by atoms with E-state index in [9.17, 15) is 9.59 Å². The number of nitrogens with one attached hydrogen (secondary N) is 4. The van der Waals surface area contributed by atoms with E-state index in [1.807, 2.05) is 17.3 Å². The Bertz CT molecular complexity index is 1890. The van der Waals surface area contributed by atoms with E-state index >= 15 is 0 Å². The van der Waals surface area contributed by atoms with Crippen molar-refractivity contribution in [2.24, 2.45) is 22.7 Å². The number of guanidine groups is 1. The first-order valence-electron chi connectivity index (χ1n) is 18.8. The number of rotatable bonds is 10. The number of hydrogen-bond donors (Lipinski definition) is 4. The third kappa shape index (κ3) is 6.78. The van der Waals surface area contributed by atoms with Gasteiger partial charge in [0.15, 0.2) is 5.96 Å². The maximum atomic E-state index is 13.8. The fraction of sp³-hybridized carbons (Fsp3) is 0.475. The van der Waals surface area contributed by atoms with Crippen molar-refractivity contribution in [2.45, 2.75) is 77.4 Å². The molecule has 51 heavy (non-hydrogen) atoms. The van der Waals surface area contributed by atoms with Crippen LogP contribution in [0, 0.1) is 17.8 Å². The predicted molar refractivity (Wildman–Crippen MR) is 198 cm³/mol. The number of nitrogens with zero attached hydrogens (tertiary/aromatic N) is 5. The molecule has 8 rings (SSSR count). The summed E-state index contributed by atoms with van der Waals surface area (Å²) in [7, 11) is 0. The Kier molecular flexibility index (Phi) is 9.12. The molecule has 4 N–H and O–H groups in total. The van der Waals surface area contributed by atoms with Gasteiger partial charge in [-0.1, -0.05) is 69.3 Å². The maximum absolute atomic E-state index is 13.8. The van der Waals surface area contributed by atoms with Crippen LogP contribution >= 0.6 is 0 Å². The lowest BCUT2D eigenvalue weighted by Gasteiger charge is -2.30. The van der Waals surface area contributed by atoms with Crippen LogP contribution in [0.5, 0.6) is 0 Å². The van der Waals surface area contributed by atoms with Crippen LogP contribution in [0.4, 0.5) is 0 Å². The number of hydrogen-bond acceptors (Lipinski definition) is 7. The van der Waals surface area contributed by atoms with Gasteiger partial charge in [-0.2, -0.15) is 0 Å². The maximum Gasteiger partial charge on any atom is 0.246 e. The molecule has 5 heterocycles. The van der Waals surface area contributed by atoms with E-state index in [0.717, 1.165) is 97.2 Å². The Morgan fingerprint density at radius 2 is 1.24 bits per heavy atom. The van der Waals surface area contributed by atoms with Crippen molar-refractivity contribution >= 4 is 17.8 Å². The molecule has 3 aliphatic heterocycles. The molecule has 1 saturated carbocycles. The molecule has 11 heteroatoms. The summed E-state index contributed by atoms with van der Waals surface area (Å²) in [6.45, 7) is 9.30. The molecule has 266 valence electrons. The first kappa shape index (κ1) is 33.2. The number of aromatic nitrogens is 4. The van der Waals surface area contributed by atoms with Gasteiger partial charge < -0.3 is 30.4 Å². The Morgan fingerprint density at radius 1 is 0.725 bits per heavy atom. The number of amides is 2. The molecule has 0 radical (unpaired) electrons. The van der Waals surface area contributed by atoms with Gasteiger partial charge in [0.25, 0.3) is 0 Å². The van der Waals surface area contributed by atoms with Crippen molar-refractivity contribution in [2.75, 3.05) is 26.2 Å². The number of carbonyl (C=O) groups excluding carboxylic acids is 2. The second-order valence-electron chi connectivity index (χ2n) is 15.0. The molecular weight excluding hydrogens is 639 g/mol. The highest BCUT2D eigenvalue weighted by Crippen LogP contribution is 2.41. The van der Waals surface area contributed by atoms with Crippen LogP contribution in [0.15, 0.2) is 65.9 Å². The highest BCUT2D eigenvalue weighted by atomic mass is 16.2. The van der Waals surface area contributed by atoms with Gasteiger partial charge in [-0.25, -0.2) is 9.97 Å². The van der Waals surface area contributed by atoms with Crippen molar-refractivity contribution in [3.05, 3.63) is 72.6 Å². The predicted octanol–water partition coefficient (Wildman–Crippen LogP) is 6.08. The topological polar surface area (TPSA) is 134 Å². The first-order valence-corrected chi connectivity index (χ1v) is 18.8. The third-order valence-electron chi connectivity index (χ3n) is 11.2. The Labute approximate surface area is 299 Å².